The molecule has 0 radical (unpaired) electrons. The minimum atomic E-state index is 0.453. The Morgan fingerprint density at radius 2 is 2.31 bits per heavy atom. The first-order chi connectivity index (χ1) is 6.45. The van der Waals surface area contributed by atoms with Gasteiger partial charge in [-0.05, 0) is 38.6 Å². The van der Waals surface area contributed by atoms with Crippen LogP contribution in [0.15, 0.2) is 4.52 Å². The van der Waals surface area contributed by atoms with Crippen LogP contribution in [0, 0.1) is 0 Å². The van der Waals surface area contributed by atoms with E-state index in [1.165, 1.54) is 36.9 Å². The lowest BCUT2D eigenvalue weighted by Gasteiger charge is -2.06. The van der Waals surface area contributed by atoms with E-state index in [0.29, 0.717) is 6.04 Å². The lowest BCUT2D eigenvalue weighted by atomic mass is 10.1. The van der Waals surface area contributed by atoms with E-state index in [1.807, 2.05) is 0 Å². The van der Waals surface area contributed by atoms with E-state index in [2.05, 4.69) is 10.5 Å². The topological polar surface area (TPSA) is 38.1 Å². The van der Waals surface area contributed by atoms with Crippen LogP contribution in [0.5, 0.6) is 0 Å². The number of aryl methyl sites for hydroxylation is 1. The maximum atomic E-state index is 5.41. The second-order valence-corrected chi connectivity index (χ2v) is 3.97. The van der Waals surface area contributed by atoms with Gasteiger partial charge in [-0.25, -0.2) is 0 Å². The van der Waals surface area contributed by atoms with Gasteiger partial charge in [0.2, 0.25) is 0 Å². The molecule has 1 aromatic rings. The van der Waals surface area contributed by atoms with Crippen LogP contribution in [0.3, 0.4) is 0 Å². The molecule has 0 saturated carbocycles. The average molecular weight is 178 g/mol. The van der Waals surface area contributed by atoms with Gasteiger partial charge in [-0.3, -0.25) is 0 Å². The SMILES string of the molecule is C1Cc2noc(C3CCCN3)c2C1. The molecule has 2 aliphatic rings. The molecule has 70 valence electrons. The van der Waals surface area contributed by atoms with Crippen LogP contribution < -0.4 is 5.32 Å². The maximum Gasteiger partial charge on any atom is 0.157 e. The second kappa shape index (κ2) is 2.84. The number of rotatable bonds is 1. The summed E-state index contributed by atoms with van der Waals surface area (Å²) in [5, 5.41) is 7.58. The number of hydrogen-bond donors (Lipinski definition) is 1. The Kier molecular flexibility index (Phi) is 1.65. The molecule has 1 aromatic heterocycles. The van der Waals surface area contributed by atoms with Gasteiger partial charge in [0.15, 0.2) is 5.76 Å². The van der Waals surface area contributed by atoms with Crippen LogP contribution in [0.1, 0.15) is 42.3 Å². The highest BCUT2D eigenvalue weighted by Crippen LogP contribution is 2.32. The Hall–Kier alpha value is -0.830. The van der Waals surface area contributed by atoms with Crippen molar-refractivity contribution < 1.29 is 4.52 Å². The highest BCUT2D eigenvalue weighted by atomic mass is 16.5. The number of nitrogens with zero attached hydrogens (tertiary/aromatic N) is 1. The Bertz CT molecular complexity index is 313. The molecule has 0 spiro atoms. The van der Waals surface area contributed by atoms with Crippen LogP contribution >= 0.6 is 0 Å². The number of hydrogen-bond acceptors (Lipinski definition) is 3. The molecule has 1 aliphatic heterocycles. The first-order valence-electron chi connectivity index (χ1n) is 5.16. The van der Waals surface area contributed by atoms with E-state index in [-0.39, 0.29) is 0 Å². The number of nitrogens with one attached hydrogen (secondary N) is 1. The molecule has 1 unspecified atom stereocenters. The third-order valence-electron chi connectivity index (χ3n) is 3.12. The summed E-state index contributed by atoms with van der Waals surface area (Å²) in [7, 11) is 0. The van der Waals surface area contributed by atoms with Crippen molar-refractivity contribution in [3.8, 4) is 0 Å². The van der Waals surface area contributed by atoms with E-state index in [4.69, 9.17) is 4.52 Å². The van der Waals surface area contributed by atoms with E-state index in [1.54, 1.807) is 0 Å². The predicted molar refractivity (Wildman–Crippen MR) is 48.5 cm³/mol. The highest BCUT2D eigenvalue weighted by molar-refractivity contribution is 5.29. The third-order valence-corrected chi connectivity index (χ3v) is 3.12. The summed E-state index contributed by atoms with van der Waals surface area (Å²) in [6.45, 7) is 1.13. The Balaban J connectivity index is 1.95. The predicted octanol–water partition coefficient (Wildman–Crippen LogP) is 1.59. The van der Waals surface area contributed by atoms with Gasteiger partial charge in [-0.2, -0.15) is 0 Å². The molecule has 0 bridgehead atoms. The zero-order chi connectivity index (χ0) is 8.67. The zero-order valence-electron chi connectivity index (χ0n) is 7.68. The minimum absolute atomic E-state index is 0.453. The van der Waals surface area contributed by atoms with Gasteiger partial charge < -0.3 is 9.84 Å². The molecular weight excluding hydrogens is 164 g/mol. The fourth-order valence-corrected chi connectivity index (χ4v) is 2.44. The Labute approximate surface area is 77.5 Å². The van der Waals surface area contributed by atoms with E-state index < -0.39 is 0 Å². The van der Waals surface area contributed by atoms with Gasteiger partial charge in [0.05, 0.1) is 11.7 Å². The summed E-state index contributed by atoms with van der Waals surface area (Å²) in [5.74, 6) is 1.13. The van der Waals surface area contributed by atoms with Crippen LogP contribution in [-0.2, 0) is 12.8 Å². The molecule has 2 heterocycles. The van der Waals surface area contributed by atoms with E-state index in [9.17, 15) is 0 Å². The first kappa shape index (κ1) is 7.56. The summed E-state index contributed by atoms with van der Waals surface area (Å²) < 4.78 is 5.41. The second-order valence-electron chi connectivity index (χ2n) is 3.97. The largest absolute Gasteiger partial charge is 0.359 e. The van der Waals surface area contributed by atoms with Crippen molar-refractivity contribution in [3.05, 3.63) is 17.0 Å². The fraction of sp³-hybridized carbons (Fsp3) is 0.700. The van der Waals surface area contributed by atoms with Crippen LogP contribution in [0.2, 0.25) is 0 Å². The van der Waals surface area contributed by atoms with Crippen molar-refractivity contribution in [1.82, 2.24) is 10.5 Å². The lowest BCUT2D eigenvalue weighted by Crippen LogP contribution is -2.13. The molecule has 3 nitrogen and oxygen atoms in total. The van der Waals surface area contributed by atoms with Crippen LogP contribution in [-0.4, -0.2) is 11.7 Å². The monoisotopic (exact) mass is 178 g/mol. The molecule has 3 heteroatoms. The molecule has 3 rings (SSSR count). The van der Waals surface area contributed by atoms with Gasteiger partial charge in [-0.1, -0.05) is 5.16 Å². The number of fused-ring (bicyclic) bond motifs is 1. The van der Waals surface area contributed by atoms with E-state index in [0.717, 1.165) is 18.7 Å². The van der Waals surface area contributed by atoms with Gasteiger partial charge >= 0.3 is 0 Å². The number of aromatic nitrogens is 1. The third kappa shape index (κ3) is 1.10. The summed E-state index contributed by atoms with van der Waals surface area (Å²) >= 11 is 0. The minimum Gasteiger partial charge on any atom is -0.359 e. The lowest BCUT2D eigenvalue weighted by molar-refractivity contribution is 0.343. The van der Waals surface area contributed by atoms with Gasteiger partial charge in [0.1, 0.15) is 0 Å². The van der Waals surface area contributed by atoms with Gasteiger partial charge in [-0.15, -0.1) is 0 Å². The van der Waals surface area contributed by atoms with Gasteiger partial charge in [0, 0.05) is 5.56 Å². The smallest absolute Gasteiger partial charge is 0.157 e. The van der Waals surface area contributed by atoms with Crippen molar-refractivity contribution in [1.29, 1.82) is 0 Å². The summed E-state index contributed by atoms with van der Waals surface area (Å²) in [6.07, 6.45) is 6.02. The van der Waals surface area contributed by atoms with Crippen molar-refractivity contribution in [2.75, 3.05) is 6.54 Å². The van der Waals surface area contributed by atoms with Gasteiger partial charge in [0.25, 0.3) is 0 Å². The van der Waals surface area contributed by atoms with Crippen LogP contribution in [0.4, 0.5) is 0 Å². The molecule has 1 saturated heterocycles. The van der Waals surface area contributed by atoms with Crippen molar-refractivity contribution in [2.45, 2.75) is 38.1 Å². The summed E-state index contributed by atoms with van der Waals surface area (Å²) in [5.41, 5.74) is 2.61. The molecule has 1 atom stereocenters. The Morgan fingerprint density at radius 1 is 1.31 bits per heavy atom. The molecule has 0 aromatic carbocycles. The molecule has 1 N–H and O–H groups in total. The molecule has 1 fully saturated rings. The zero-order valence-corrected chi connectivity index (χ0v) is 7.68. The molecule has 13 heavy (non-hydrogen) atoms. The van der Waals surface area contributed by atoms with E-state index >= 15 is 0 Å². The van der Waals surface area contributed by atoms with Crippen molar-refractivity contribution in [3.63, 3.8) is 0 Å². The van der Waals surface area contributed by atoms with Crippen molar-refractivity contribution >= 4 is 0 Å². The summed E-state index contributed by atoms with van der Waals surface area (Å²) in [6, 6.07) is 0.453. The quantitative estimate of drug-likeness (QED) is 0.709. The average Bonchev–Trinajstić information content (AvgIpc) is 2.79. The van der Waals surface area contributed by atoms with Crippen molar-refractivity contribution in [2.24, 2.45) is 0 Å². The summed E-state index contributed by atoms with van der Waals surface area (Å²) in [4.78, 5) is 0. The first-order valence-corrected chi connectivity index (χ1v) is 5.16. The van der Waals surface area contributed by atoms with Crippen LogP contribution in [0.25, 0.3) is 0 Å². The molecular formula is C10H14N2O. The molecule has 0 amide bonds. The fourth-order valence-electron chi connectivity index (χ4n) is 2.44. The molecule has 1 aliphatic carbocycles. The standard InChI is InChI=1S/C10H14N2O/c1-3-7-8(4-1)12-13-10(7)9-5-2-6-11-9/h9,11H,1-6H2. The highest BCUT2D eigenvalue weighted by Gasteiger charge is 2.28. The normalized spacial score (nSPS) is 26.6. The maximum absolute atomic E-state index is 5.41. The Morgan fingerprint density at radius 3 is 3.15 bits per heavy atom.